The van der Waals surface area contributed by atoms with E-state index in [1.54, 1.807) is 18.2 Å². The first-order chi connectivity index (χ1) is 7.49. The number of hydrogen-bond acceptors (Lipinski definition) is 5. The molecule has 0 radical (unpaired) electrons. The van der Waals surface area contributed by atoms with Crippen LogP contribution >= 0.6 is 0 Å². The lowest BCUT2D eigenvalue weighted by molar-refractivity contribution is -0.234. The van der Waals surface area contributed by atoms with E-state index in [1.165, 1.54) is 20.0 Å². The van der Waals surface area contributed by atoms with Crippen LogP contribution in [0.4, 0.5) is 0 Å². The average Bonchev–Trinajstić information content (AvgIpc) is 2.16. The molecule has 0 amide bonds. The Kier molecular flexibility index (Phi) is 2.38. The van der Waals surface area contributed by atoms with Crippen LogP contribution in [0.25, 0.3) is 0 Å². The first-order valence-corrected chi connectivity index (χ1v) is 4.86. The highest BCUT2D eigenvalue weighted by molar-refractivity contribution is 6.01. The van der Waals surface area contributed by atoms with Crippen LogP contribution in [-0.2, 0) is 19.1 Å². The summed E-state index contributed by atoms with van der Waals surface area (Å²) in [6.45, 7) is 3.02. The molecule has 16 heavy (non-hydrogen) atoms. The summed E-state index contributed by atoms with van der Waals surface area (Å²) in [5.41, 5.74) is 0.341. The number of ether oxygens (including phenoxy) is 2. The van der Waals surface area contributed by atoms with E-state index in [-0.39, 0.29) is 0 Å². The van der Waals surface area contributed by atoms with Crippen molar-refractivity contribution >= 4 is 11.9 Å². The first-order valence-electron chi connectivity index (χ1n) is 4.86. The summed E-state index contributed by atoms with van der Waals surface area (Å²) >= 11 is 0. The van der Waals surface area contributed by atoms with Crippen LogP contribution in [0.5, 0.6) is 0 Å². The van der Waals surface area contributed by atoms with E-state index >= 15 is 0 Å². The molecule has 1 fully saturated rings. The number of carbonyl (C=O) groups is 2. The summed E-state index contributed by atoms with van der Waals surface area (Å²) in [4.78, 5) is 27.3. The zero-order valence-electron chi connectivity index (χ0n) is 8.97. The minimum atomic E-state index is -1.19. The molecule has 1 aromatic rings. The van der Waals surface area contributed by atoms with Crippen LogP contribution in [0.15, 0.2) is 24.4 Å². The van der Waals surface area contributed by atoms with Crippen molar-refractivity contribution in [2.24, 2.45) is 0 Å². The third-order valence-electron chi connectivity index (χ3n) is 2.15. The largest absolute Gasteiger partial charge is 0.422 e. The zero-order chi connectivity index (χ0) is 11.8. The van der Waals surface area contributed by atoms with Crippen molar-refractivity contribution in [3.63, 3.8) is 0 Å². The van der Waals surface area contributed by atoms with Gasteiger partial charge in [-0.1, -0.05) is 6.07 Å². The van der Waals surface area contributed by atoms with Gasteiger partial charge < -0.3 is 9.47 Å². The van der Waals surface area contributed by atoms with Crippen LogP contribution in [0, 0.1) is 0 Å². The predicted molar refractivity (Wildman–Crippen MR) is 53.2 cm³/mol. The standard InChI is InChI=1S/C11H11NO4/c1-11(2)15-9(13)8(10(14)16-11)7-5-3-4-6-12-7/h3-6,8H,1-2H3. The molecule has 1 saturated heterocycles. The van der Waals surface area contributed by atoms with Gasteiger partial charge in [-0.15, -0.1) is 0 Å². The smallest absolute Gasteiger partial charge is 0.329 e. The SMILES string of the molecule is CC1(C)OC(=O)C(c2ccccn2)C(=O)O1. The van der Waals surface area contributed by atoms with Crippen molar-refractivity contribution in [2.75, 3.05) is 0 Å². The van der Waals surface area contributed by atoms with E-state index in [9.17, 15) is 9.59 Å². The Labute approximate surface area is 92.4 Å². The van der Waals surface area contributed by atoms with Crippen molar-refractivity contribution in [2.45, 2.75) is 25.6 Å². The molecule has 2 heterocycles. The fourth-order valence-electron chi connectivity index (χ4n) is 1.51. The number of cyclic esters (lactones) is 2. The lowest BCUT2D eigenvalue weighted by Gasteiger charge is -2.32. The van der Waals surface area contributed by atoms with Gasteiger partial charge >= 0.3 is 11.9 Å². The molecular weight excluding hydrogens is 210 g/mol. The molecule has 1 aliphatic rings. The minimum Gasteiger partial charge on any atom is -0.422 e. The van der Waals surface area contributed by atoms with E-state index in [0.29, 0.717) is 5.69 Å². The van der Waals surface area contributed by atoms with E-state index < -0.39 is 23.6 Å². The van der Waals surface area contributed by atoms with Crippen LogP contribution in [0.1, 0.15) is 25.5 Å². The first kappa shape index (κ1) is 10.6. The molecule has 5 nitrogen and oxygen atoms in total. The number of nitrogens with zero attached hydrogens (tertiary/aromatic N) is 1. The summed E-state index contributed by atoms with van der Waals surface area (Å²) in [6.07, 6.45) is 1.51. The van der Waals surface area contributed by atoms with Gasteiger partial charge in [0.05, 0.1) is 5.69 Å². The highest BCUT2D eigenvalue weighted by Gasteiger charge is 2.44. The van der Waals surface area contributed by atoms with Crippen molar-refractivity contribution in [1.82, 2.24) is 4.98 Å². The van der Waals surface area contributed by atoms with E-state index in [4.69, 9.17) is 9.47 Å². The lowest BCUT2D eigenvalue weighted by atomic mass is 10.0. The Balaban J connectivity index is 2.31. The Hall–Kier alpha value is -1.91. The third-order valence-corrected chi connectivity index (χ3v) is 2.15. The van der Waals surface area contributed by atoms with Crippen LogP contribution in [0.3, 0.4) is 0 Å². The molecule has 0 atom stereocenters. The lowest BCUT2D eigenvalue weighted by Crippen LogP contribution is -2.45. The molecule has 0 aliphatic carbocycles. The Morgan fingerprint density at radius 3 is 2.31 bits per heavy atom. The second-order valence-electron chi connectivity index (χ2n) is 3.93. The molecule has 5 heteroatoms. The quantitative estimate of drug-likeness (QED) is 0.523. The molecule has 2 rings (SSSR count). The van der Waals surface area contributed by atoms with Crippen molar-refractivity contribution in [3.8, 4) is 0 Å². The molecule has 84 valence electrons. The summed E-state index contributed by atoms with van der Waals surface area (Å²) in [5, 5.41) is 0. The van der Waals surface area contributed by atoms with Gasteiger partial charge in [0.2, 0.25) is 0 Å². The second-order valence-corrected chi connectivity index (χ2v) is 3.93. The Morgan fingerprint density at radius 2 is 1.81 bits per heavy atom. The van der Waals surface area contributed by atoms with Crippen LogP contribution < -0.4 is 0 Å². The third kappa shape index (κ3) is 1.88. The van der Waals surface area contributed by atoms with Crippen LogP contribution in [0.2, 0.25) is 0 Å². The van der Waals surface area contributed by atoms with Gasteiger partial charge in [0.15, 0.2) is 5.92 Å². The molecule has 0 N–H and O–H groups in total. The molecular formula is C11H11NO4. The van der Waals surface area contributed by atoms with Crippen molar-refractivity contribution < 1.29 is 19.1 Å². The van der Waals surface area contributed by atoms with Gasteiger partial charge in [-0.3, -0.25) is 14.6 Å². The number of esters is 2. The van der Waals surface area contributed by atoms with Crippen molar-refractivity contribution in [1.29, 1.82) is 0 Å². The number of pyridine rings is 1. The molecule has 0 saturated carbocycles. The van der Waals surface area contributed by atoms with Gasteiger partial charge in [0, 0.05) is 20.0 Å². The Bertz CT molecular complexity index is 407. The van der Waals surface area contributed by atoms with Gasteiger partial charge in [-0.05, 0) is 12.1 Å². The fourth-order valence-corrected chi connectivity index (χ4v) is 1.51. The number of aromatic nitrogens is 1. The fraction of sp³-hybridized carbons (Fsp3) is 0.364. The number of rotatable bonds is 1. The molecule has 0 aromatic carbocycles. The summed E-state index contributed by atoms with van der Waals surface area (Å²) < 4.78 is 9.98. The van der Waals surface area contributed by atoms with Gasteiger partial charge in [0.25, 0.3) is 5.79 Å². The van der Waals surface area contributed by atoms with Crippen LogP contribution in [-0.4, -0.2) is 22.7 Å². The highest BCUT2D eigenvalue weighted by atomic mass is 16.7. The molecule has 0 unspecified atom stereocenters. The summed E-state index contributed by atoms with van der Waals surface area (Å²) in [7, 11) is 0. The topological polar surface area (TPSA) is 65.5 Å². The molecule has 0 bridgehead atoms. The average molecular weight is 221 g/mol. The van der Waals surface area contributed by atoms with Gasteiger partial charge in [-0.25, -0.2) is 0 Å². The number of hydrogen-bond donors (Lipinski definition) is 0. The molecule has 0 spiro atoms. The summed E-state index contributed by atoms with van der Waals surface area (Å²) in [5.74, 6) is -3.52. The predicted octanol–water partition coefficient (Wildman–Crippen LogP) is 1.00. The zero-order valence-corrected chi connectivity index (χ0v) is 8.97. The maximum absolute atomic E-state index is 11.7. The molecule has 1 aromatic heterocycles. The number of carbonyl (C=O) groups excluding carboxylic acids is 2. The maximum Gasteiger partial charge on any atom is 0.329 e. The van der Waals surface area contributed by atoms with Gasteiger partial charge in [0.1, 0.15) is 0 Å². The normalized spacial score (nSPS) is 20.1. The van der Waals surface area contributed by atoms with E-state index in [2.05, 4.69) is 4.98 Å². The molecule has 1 aliphatic heterocycles. The highest BCUT2D eigenvalue weighted by Crippen LogP contribution is 2.28. The monoisotopic (exact) mass is 221 g/mol. The summed E-state index contributed by atoms with van der Waals surface area (Å²) in [6, 6.07) is 4.99. The Morgan fingerprint density at radius 1 is 1.19 bits per heavy atom. The van der Waals surface area contributed by atoms with Crippen molar-refractivity contribution in [3.05, 3.63) is 30.1 Å². The van der Waals surface area contributed by atoms with E-state index in [0.717, 1.165) is 0 Å². The van der Waals surface area contributed by atoms with Gasteiger partial charge in [-0.2, -0.15) is 0 Å². The van der Waals surface area contributed by atoms with E-state index in [1.807, 2.05) is 0 Å². The maximum atomic E-state index is 11.7. The second kappa shape index (κ2) is 3.59. The minimum absolute atomic E-state index is 0.341.